The molecule has 0 radical (unpaired) electrons. The first-order valence-corrected chi connectivity index (χ1v) is 4.89. The maximum Gasteiger partial charge on any atom is 0.138 e. The van der Waals surface area contributed by atoms with E-state index in [-0.39, 0.29) is 5.82 Å². The second kappa shape index (κ2) is 3.20. The zero-order valence-corrected chi connectivity index (χ0v) is 9.10. The monoisotopic (exact) mass is 254 g/mol. The van der Waals surface area contributed by atoms with Crippen molar-refractivity contribution in [3.05, 3.63) is 34.2 Å². The number of nitrogen functional groups attached to an aromatic ring is 1. The van der Waals surface area contributed by atoms with E-state index in [9.17, 15) is 4.39 Å². The van der Waals surface area contributed by atoms with Crippen LogP contribution >= 0.6 is 15.9 Å². The predicted octanol–water partition coefficient (Wildman–Crippen LogP) is 3.03. The van der Waals surface area contributed by atoms with Gasteiger partial charge in [0.05, 0.1) is 9.99 Å². The molecule has 0 spiro atoms. The molecule has 1 aromatic carbocycles. The Labute approximate surface area is 89.1 Å². The number of anilines is 1. The van der Waals surface area contributed by atoms with Crippen molar-refractivity contribution in [2.45, 2.75) is 6.92 Å². The Kier molecular flexibility index (Phi) is 2.15. The zero-order chi connectivity index (χ0) is 10.3. The Morgan fingerprint density at radius 2 is 2.21 bits per heavy atom. The molecular formula is C10H8BrFN2. The van der Waals surface area contributed by atoms with E-state index in [1.807, 2.05) is 6.92 Å². The van der Waals surface area contributed by atoms with Crippen molar-refractivity contribution in [2.75, 3.05) is 5.73 Å². The van der Waals surface area contributed by atoms with Crippen molar-refractivity contribution >= 4 is 32.5 Å². The van der Waals surface area contributed by atoms with Gasteiger partial charge >= 0.3 is 0 Å². The van der Waals surface area contributed by atoms with Gasteiger partial charge in [0.1, 0.15) is 5.82 Å². The summed E-state index contributed by atoms with van der Waals surface area (Å²) < 4.78 is 13.7. The molecule has 0 unspecified atom stereocenters. The number of fused-ring (bicyclic) bond motifs is 1. The van der Waals surface area contributed by atoms with Gasteiger partial charge in [-0.25, -0.2) is 4.39 Å². The van der Waals surface area contributed by atoms with Crippen molar-refractivity contribution in [1.82, 2.24) is 4.98 Å². The van der Waals surface area contributed by atoms with Gasteiger partial charge in [0.15, 0.2) is 0 Å². The molecule has 2 nitrogen and oxygen atoms in total. The van der Waals surface area contributed by atoms with Crippen LogP contribution in [0, 0.1) is 12.7 Å². The van der Waals surface area contributed by atoms with Gasteiger partial charge in [-0.3, -0.25) is 4.98 Å². The predicted molar refractivity (Wildman–Crippen MR) is 58.6 cm³/mol. The van der Waals surface area contributed by atoms with Crippen LogP contribution in [-0.2, 0) is 0 Å². The highest BCUT2D eigenvalue weighted by atomic mass is 79.9. The van der Waals surface area contributed by atoms with Gasteiger partial charge in [0, 0.05) is 17.3 Å². The van der Waals surface area contributed by atoms with E-state index in [1.165, 1.54) is 6.07 Å². The van der Waals surface area contributed by atoms with E-state index >= 15 is 0 Å². The molecule has 1 heterocycles. The van der Waals surface area contributed by atoms with Gasteiger partial charge in [-0.15, -0.1) is 0 Å². The second-order valence-electron chi connectivity index (χ2n) is 3.11. The first kappa shape index (κ1) is 9.40. The van der Waals surface area contributed by atoms with Gasteiger partial charge in [-0.1, -0.05) is 0 Å². The summed E-state index contributed by atoms with van der Waals surface area (Å²) in [6, 6.07) is 3.10. The third-order valence-corrected chi connectivity index (χ3v) is 2.90. The first-order chi connectivity index (χ1) is 6.61. The van der Waals surface area contributed by atoms with Crippen molar-refractivity contribution in [3.8, 4) is 0 Å². The second-order valence-corrected chi connectivity index (χ2v) is 3.91. The molecule has 0 atom stereocenters. The van der Waals surface area contributed by atoms with Crippen LogP contribution in [0.15, 0.2) is 22.8 Å². The van der Waals surface area contributed by atoms with Crippen molar-refractivity contribution in [2.24, 2.45) is 0 Å². The average Bonchev–Trinajstić information content (AvgIpc) is 2.14. The molecule has 72 valence electrons. The highest BCUT2D eigenvalue weighted by molar-refractivity contribution is 9.10. The molecule has 0 aliphatic carbocycles. The third-order valence-electron chi connectivity index (χ3n) is 2.13. The summed E-state index contributed by atoms with van der Waals surface area (Å²) in [5.41, 5.74) is 7.81. The van der Waals surface area contributed by atoms with E-state index in [0.717, 1.165) is 11.1 Å². The molecule has 0 saturated carbocycles. The quantitative estimate of drug-likeness (QED) is 0.785. The number of hydrogen-bond donors (Lipinski definition) is 1. The number of aryl methyl sites for hydroxylation is 1. The summed E-state index contributed by atoms with van der Waals surface area (Å²) >= 11 is 3.17. The molecule has 0 aliphatic heterocycles. The smallest absolute Gasteiger partial charge is 0.138 e. The average molecular weight is 255 g/mol. The maximum absolute atomic E-state index is 13.4. The molecule has 14 heavy (non-hydrogen) atoms. The normalized spacial score (nSPS) is 10.8. The third kappa shape index (κ3) is 1.26. The first-order valence-electron chi connectivity index (χ1n) is 4.10. The topological polar surface area (TPSA) is 38.9 Å². The van der Waals surface area contributed by atoms with E-state index < -0.39 is 0 Å². The van der Waals surface area contributed by atoms with Crippen LogP contribution in [0.1, 0.15) is 5.56 Å². The summed E-state index contributed by atoms with van der Waals surface area (Å²) in [6.45, 7) is 1.81. The Morgan fingerprint density at radius 3 is 2.93 bits per heavy atom. The van der Waals surface area contributed by atoms with E-state index in [4.69, 9.17) is 5.73 Å². The molecule has 2 N–H and O–H groups in total. The van der Waals surface area contributed by atoms with Crippen LogP contribution < -0.4 is 5.73 Å². The van der Waals surface area contributed by atoms with Crippen molar-refractivity contribution in [1.29, 1.82) is 0 Å². The van der Waals surface area contributed by atoms with Gasteiger partial charge < -0.3 is 5.73 Å². The molecule has 2 rings (SSSR count). The van der Waals surface area contributed by atoms with E-state index in [0.29, 0.717) is 15.5 Å². The Morgan fingerprint density at radius 1 is 1.50 bits per heavy atom. The molecular weight excluding hydrogens is 247 g/mol. The standard InChI is InChI=1S/C10H8BrFN2/c1-5-4-6(12)9(11)8-7(13)2-3-14-10(5)8/h2-4H,1H3,(H2,13,14). The van der Waals surface area contributed by atoms with E-state index in [2.05, 4.69) is 20.9 Å². The minimum Gasteiger partial charge on any atom is -0.398 e. The van der Waals surface area contributed by atoms with Gasteiger partial charge in [0.2, 0.25) is 0 Å². The van der Waals surface area contributed by atoms with Gasteiger partial charge in [0.25, 0.3) is 0 Å². The Bertz CT molecular complexity index is 511. The summed E-state index contributed by atoms with van der Waals surface area (Å²) in [6.07, 6.45) is 1.62. The molecule has 0 aliphatic rings. The number of hydrogen-bond acceptors (Lipinski definition) is 2. The molecule has 0 saturated heterocycles. The summed E-state index contributed by atoms with van der Waals surface area (Å²) in [5.74, 6) is -0.310. The molecule has 1 aromatic heterocycles. The molecule has 0 bridgehead atoms. The van der Waals surface area contributed by atoms with Gasteiger partial charge in [-0.2, -0.15) is 0 Å². The lowest BCUT2D eigenvalue weighted by atomic mass is 10.1. The molecule has 0 fully saturated rings. The van der Waals surface area contributed by atoms with E-state index in [1.54, 1.807) is 12.3 Å². The van der Waals surface area contributed by atoms with Crippen LogP contribution in [0.4, 0.5) is 10.1 Å². The zero-order valence-electron chi connectivity index (χ0n) is 7.51. The lowest BCUT2D eigenvalue weighted by Crippen LogP contribution is -1.93. The number of nitrogens with two attached hydrogens (primary N) is 1. The van der Waals surface area contributed by atoms with Crippen LogP contribution in [0.3, 0.4) is 0 Å². The van der Waals surface area contributed by atoms with Crippen LogP contribution in [0.2, 0.25) is 0 Å². The fourth-order valence-corrected chi connectivity index (χ4v) is 1.98. The van der Waals surface area contributed by atoms with Crippen LogP contribution in [-0.4, -0.2) is 4.98 Å². The molecule has 0 amide bonds. The highest BCUT2D eigenvalue weighted by Crippen LogP contribution is 2.31. The summed E-state index contributed by atoms with van der Waals surface area (Å²) in [4.78, 5) is 4.17. The number of benzene rings is 1. The molecule has 2 aromatic rings. The summed E-state index contributed by atoms with van der Waals surface area (Å²) in [5, 5.41) is 0.644. The highest BCUT2D eigenvalue weighted by Gasteiger charge is 2.10. The van der Waals surface area contributed by atoms with Crippen molar-refractivity contribution in [3.63, 3.8) is 0 Å². The minimum absolute atomic E-state index is 0.310. The lowest BCUT2D eigenvalue weighted by molar-refractivity contribution is 0.622. The molecule has 4 heteroatoms. The fraction of sp³-hybridized carbons (Fsp3) is 0.100. The van der Waals surface area contributed by atoms with Crippen LogP contribution in [0.5, 0.6) is 0 Å². The number of aromatic nitrogens is 1. The summed E-state index contributed by atoms with van der Waals surface area (Å²) in [7, 11) is 0. The van der Waals surface area contributed by atoms with Crippen LogP contribution in [0.25, 0.3) is 10.9 Å². The maximum atomic E-state index is 13.4. The number of rotatable bonds is 0. The fourth-order valence-electron chi connectivity index (χ4n) is 1.45. The SMILES string of the molecule is Cc1cc(F)c(Br)c2c(N)ccnc12. The number of nitrogens with zero attached hydrogens (tertiary/aromatic N) is 1. The number of halogens is 2. The minimum atomic E-state index is -0.310. The van der Waals surface area contributed by atoms with Crippen molar-refractivity contribution < 1.29 is 4.39 Å². The van der Waals surface area contributed by atoms with Gasteiger partial charge in [-0.05, 0) is 40.5 Å². The number of pyridine rings is 1. The lowest BCUT2D eigenvalue weighted by Gasteiger charge is -2.07. The largest absolute Gasteiger partial charge is 0.398 e. The Hall–Kier alpha value is -1.16. The Balaban J connectivity index is 3.03.